The Labute approximate surface area is 156 Å². The largest absolute Gasteiger partial charge is 0.707 e. The smallest absolute Gasteiger partial charge is 0.511 e. The monoisotopic (exact) mass is 385 g/mol. The predicted molar refractivity (Wildman–Crippen MR) is 93.1 cm³/mol. The molecule has 1 atom stereocenters. The molecule has 6 N–H and O–H groups in total. The van der Waals surface area contributed by atoms with E-state index in [0.717, 1.165) is 0 Å². The Morgan fingerprint density at radius 1 is 1.26 bits per heavy atom. The number of hydrogen-bond acceptors (Lipinski definition) is 9. The fourth-order valence-corrected chi connectivity index (χ4v) is 2.87. The van der Waals surface area contributed by atoms with Crippen LogP contribution in [-0.4, -0.2) is 80.4 Å². The highest BCUT2D eigenvalue weighted by atomic mass is 16.6. The summed E-state index contributed by atoms with van der Waals surface area (Å²) in [4.78, 5) is 13.3. The van der Waals surface area contributed by atoms with Crippen molar-refractivity contribution in [1.82, 2.24) is 4.90 Å². The number of rotatable bonds is 10. The molecule has 1 aromatic carbocycles. The van der Waals surface area contributed by atoms with Crippen LogP contribution in [0.2, 0.25) is 0 Å². The van der Waals surface area contributed by atoms with Gasteiger partial charge >= 0.3 is 13.3 Å². The number of hydrogen-bond donors (Lipinski definition) is 6. The molecule has 0 aliphatic carbocycles. The average molecular weight is 385 g/mol. The molecule has 1 unspecified atom stereocenters. The van der Waals surface area contributed by atoms with Crippen LogP contribution in [0.15, 0.2) is 12.1 Å². The minimum Gasteiger partial charge on any atom is -0.511 e. The maximum atomic E-state index is 11.7. The van der Waals surface area contributed by atoms with Gasteiger partial charge in [0.25, 0.3) is 0 Å². The maximum absolute atomic E-state index is 11.7. The Balaban J connectivity index is 2.08. The normalized spacial score (nSPS) is 16.1. The molecule has 0 radical (unpaired) electrons. The molecule has 2 rings (SSSR count). The zero-order valence-corrected chi connectivity index (χ0v) is 14.9. The van der Waals surface area contributed by atoms with E-state index in [2.05, 4.69) is 0 Å². The second-order valence-corrected chi connectivity index (χ2v) is 6.26. The van der Waals surface area contributed by atoms with Crippen LogP contribution in [-0.2, 0) is 6.42 Å². The number of aromatic carboxylic acids is 1. The SMILES string of the molecule is CCc1ccc(OC2CN(C(O)CCC(O)O)C2)c(C(=O)O)c1OB(O)O. The third-order valence-electron chi connectivity index (χ3n) is 4.29. The van der Waals surface area contributed by atoms with E-state index in [0.29, 0.717) is 25.1 Å². The van der Waals surface area contributed by atoms with Crippen LogP contribution in [0.4, 0.5) is 0 Å². The van der Waals surface area contributed by atoms with Crippen molar-refractivity contribution in [2.24, 2.45) is 0 Å². The molecule has 1 aromatic rings. The maximum Gasteiger partial charge on any atom is 0.707 e. The fraction of sp³-hybridized carbons (Fsp3) is 0.562. The van der Waals surface area contributed by atoms with Gasteiger partial charge in [-0.3, -0.25) is 4.90 Å². The van der Waals surface area contributed by atoms with Crippen LogP contribution in [0.5, 0.6) is 11.5 Å². The van der Waals surface area contributed by atoms with E-state index in [9.17, 15) is 15.0 Å². The molecular formula is C16H24BNO9. The predicted octanol–water partition coefficient (Wildman–Crippen LogP) is -1.23. The summed E-state index contributed by atoms with van der Waals surface area (Å²) in [7, 11) is -2.17. The zero-order valence-electron chi connectivity index (χ0n) is 14.9. The Kier molecular flexibility index (Phi) is 7.42. The van der Waals surface area contributed by atoms with Crippen LogP contribution in [0.3, 0.4) is 0 Å². The summed E-state index contributed by atoms with van der Waals surface area (Å²) in [5.74, 6) is -1.46. The van der Waals surface area contributed by atoms with E-state index in [1.807, 2.05) is 0 Å². The van der Waals surface area contributed by atoms with Crippen LogP contribution in [0, 0.1) is 0 Å². The quantitative estimate of drug-likeness (QED) is 0.213. The number of ether oxygens (including phenoxy) is 1. The van der Waals surface area contributed by atoms with Crippen molar-refractivity contribution in [2.75, 3.05) is 13.1 Å². The summed E-state index contributed by atoms with van der Waals surface area (Å²) in [6, 6.07) is 3.08. The Hall–Kier alpha value is -1.89. The Morgan fingerprint density at radius 2 is 1.93 bits per heavy atom. The molecule has 1 aliphatic rings. The Bertz CT molecular complexity index is 649. The van der Waals surface area contributed by atoms with E-state index in [-0.39, 0.29) is 36.0 Å². The van der Waals surface area contributed by atoms with Gasteiger partial charge < -0.3 is 39.9 Å². The molecule has 11 heteroatoms. The van der Waals surface area contributed by atoms with Gasteiger partial charge in [-0.1, -0.05) is 13.0 Å². The second-order valence-electron chi connectivity index (χ2n) is 6.26. The van der Waals surface area contributed by atoms with Gasteiger partial charge in [0.2, 0.25) is 0 Å². The molecule has 0 bridgehead atoms. The van der Waals surface area contributed by atoms with Crippen molar-refractivity contribution < 1.29 is 44.7 Å². The van der Waals surface area contributed by atoms with Crippen molar-refractivity contribution in [3.05, 3.63) is 23.3 Å². The molecule has 1 fully saturated rings. The van der Waals surface area contributed by atoms with Crippen LogP contribution < -0.4 is 9.39 Å². The summed E-state index contributed by atoms with van der Waals surface area (Å²) >= 11 is 0. The number of aryl methyl sites for hydroxylation is 1. The summed E-state index contributed by atoms with van der Waals surface area (Å²) in [5.41, 5.74) is 0.186. The highest BCUT2D eigenvalue weighted by molar-refractivity contribution is 6.34. The van der Waals surface area contributed by atoms with Gasteiger partial charge in [0.05, 0.1) is 0 Å². The summed E-state index contributed by atoms with van der Waals surface area (Å²) in [6.07, 6.45) is -2.07. The van der Waals surface area contributed by atoms with Crippen molar-refractivity contribution in [1.29, 1.82) is 0 Å². The molecule has 10 nitrogen and oxygen atoms in total. The van der Waals surface area contributed by atoms with E-state index in [1.165, 1.54) is 6.07 Å². The van der Waals surface area contributed by atoms with Gasteiger partial charge in [0, 0.05) is 19.5 Å². The van der Waals surface area contributed by atoms with Gasteiger partial charge in [-0.15, -0.1) is 0 Å². The molecule has 0 spiro atoms. The summed E-state index contributed by atoms with van der Waals surface area (Å²) < 4.78 is 10.6. The molecule has 150 valence electrons. The number of aliphatic hydroxyl groups is 3. The average Bonchev–Trinajstić information content (AvgIpc) is 2.54. The van der Waals surface area contributed by atoms with Gasteiger partial charge in [-0.05, 0) is 24.5 Å². The van der Waals surface area contributed by atoms with Gasteiger partial charge in [0.1, 0.15) is 29.4 Å². The van der Waals surface area contributed by atoms with Gasteiger partial charge in [0.15, 0.2) is 6.29 Å². The number of carboxylic acid groups (broad SMARTS) is 1. The topological polar surface area (TPSA) is 160 Å². The lowest BCUT2D eigenvalue weighted by molar-refractivity contribution is -0.110. The lowest BCUT2D eigenvalue weighted by Gasteiger charge is -2.42. The first-order valence-electron chi connectivity index (χ1n) is 8.59. The first-order chi connectivity index (χ1) is 12.7. The molecule has 0 aromatic heterocycles. The number of carboxylic acids is 1. The number of nitrogens with zero attached hydrogens (tertiary/aromatic N) is 1. The number of carbonyl (C=O) groups is 1. The summed E-state index contributed by atoms with van der Waals surface area (Å²) in [5, 5.41) is 55.3. The van der Waals surface area contributed by atoms with E-state index >= 15 is 0 Å². The molecule has 1 aliphatic heterocycles. The molecule has 0 amide bonds. The Morgan fingerprint density at radius 3 is 2.44 bits per heavy atom. The van der Waals surface area contributed by atoms with Crippen molar-refractivity contribution in [2.45, 2.75) is 44.8 Å². The third-order valence-corrected chi connectivity index (χ3v) is 4.29. The number of aliphatic hydroxyl groups excluding tert-OH is 2. The third kappa shape index (κ3) is 5.55. The van der Waals surface area contributed by atoms with E-state index in [1.54, 1.807) is 17.9 Å². The van der Waals surface area contributed by atoms with Crippen LogP contribution in [0.25, 0.3) is 0 Å². The molecule has 1 saturated heterocycles. The van der Waals surface area contributed by atoms with Crippen molar-refractivity contribution in [3.8, 4) is 11.5 Å². The molecular weight excluding hydrogens is 361 g/mol. The molecule has 0 saturated carbocycles. The minimum atomic E-state index is -2.17. The number of benzene rings is 1. The van der Waals surface area contributed by atoms with Gasteiger partial charge in [-0.2, -0.15) is 0 Å². The number of likely N-dealkylation sites (tertiary alicyclic amines) is 1. The first-order valence-corrected chi connectivity index (χ1v) is 8.59. The zero-order chi connectivity index (χ0) is 20.1. The summed E-state index contributed by atoms with van der Waals surface area (Å²) in [6.45, 7) is 2.43. The standard InChI is InChI=1S/C16H24BNO9/c1-2-9-3-4-11(14(16(22)23)15(9)27-17(24)25)26-10-7-18(8-10)12(19)5-6-13(20)21/h3-4,10,12-13,19-21,24-25H,2,5-8H2,1H3,(H,22,23). The lowest BCUT2D eigenvalue weighted by Crippen LogP contribution is -2.58. The van der Waals surface area contributed by atoms with Crippen LogP contribution in [0.1, 0.15) is 35.7 Å². The van der Waals surface area contributed by atoms with Crippen molar-refractivity contribution in [3.63, 3.8) is 0 Å². The van der Waals surface area contributed by atoms with E-state index < -0.39 is 25.8 Å². The van der Waals surface area contributed by atoms with Crippen LogP contribution >= 0.6 is 0 Å². The van der Waals surface area contributed by atoms with E-state index in [4.69, 9.17) is 29.7 Å². The minimum absolute atomic E-state index is 0.0280. The fourth-order valence-electron chi connectivity index (χ4n) is 2.87. The van der Waals surface area contributed by atoms with Crippen molar-refractivity contribution >= 4 is 13.3 Å². The highest BCUT2D eigenvalue weighted by Crippen LogP contribution is 2.34. The molecule has 1 heterocycles. The highest BCUT2D eigenvalue weighted by Gasteiger charge is 2.34. The lowest BCUT2D eigenvalue weighted by atomic mass is 10.0. The second kappa shape index (κ2) is 9.35. The first kappa shape index (κ1) is 21.4. The van der Waals surface area contributed by atoms with Gasteiger partial charge in [-0.25, -0.2) is 4.79 Å². The molecule has 27 heavy (non-hydrogen) atoms.